The predicted octanol–water partition coefficient (Wildman–Crippen LogP) is 0.740. The average molecular weight is 251 g/mol. The Labute approximate surface area is 106 Å². The number of hydrogen-bond acceptors (Lipinski definition) is 3. The Morgan fingerprint density at radius 1 is 1.56 bits per heavy atom. The molecular weight excluding hydrogens is 233 g/mol. The van der Waals surface area contributed by atoms with Crippen molar-refractivity contribution in [1.29, 1.82) is 0 Å². The van der Waals surface area contributed by atoms with Crippen LogP contribution in [0, 0.1) is 5.82 Å². The van der Waals surface area contributed by atoms with Gasteiger partial charge in [-0.1, -0.05) is 6.07 Å². The highest BCUT2D eigenvalue weighted by Gasteiger charge is 2.24. The van der Waals surface area contributed by atoms with Gasteiger partial charge in [0.2, 0.25) is 5.91 Å². The molecule has 1 heterocycles. The maximum absolute atomic E-state index is 13.2. The third kappa shape index (κ3) is 3.20. The first-order chi connectivity index (χ1) is 8.69. The van der Waals surface area contributed by atoms with Crippen LogP contribution in [0.5, 0.6) is 0 Å². The van der Waals surface area contributed by atoms with Crippen LogP contribution >= 0.6 is 0 Å². The van der Waals surface area contributed by atoms with Crippen LogP contribution in [0.3, 0.4) is 0 Å². The molecule has 4 nitrogen and oxygen atoms in total. The van der Waals surface area contributed by atoms with Crippen molar-refractivity contribution in [2.45, 2.75) is 12.5 Å². The SMILES string of the molecule is CNCCC1CN(c2cccc(F)c2)CC(=O)N1. The number of nitrogens with zero attached hydrogens (tertiary/aromatic N) is 1. The summed E-state index contributed by atoms with van der Waals surface area (Å²) in [6, 6.07) is 6.48. The van der Waals surface area contributed by atoms with Gasteiger partial charge in [-0.05, 0) is 38.2 Å². The minimum atomic E-state index is -0.273. The summed E-state index contributed by atoms with van der Waals surface area (Å²) in [5.41, 5.74) is 0.763. The van der Waals surface area contributed by atoms with Crippen LogP contribution < -0.4 is 15.5 Å². The molecule has 1 aromatic carbocycles. The molecule has 0 radical (unpaired) electrons. The van der Waals surface area contributed by atoms with Gasteiger partial charge in [0.05, 0.1) is 6.54 Å². The Kier molecular flexibility index (Phi) is 4.15. The first kappa shape index (κ1) is 12.8. The zero-order valence-electron chi connectivity index (χ0n) is 10.4. The van der Waals surface area contributed by atoms with Crippen molar-refractivity contribution >= 4 is 11.6 Å². The molecule has 1 fully saturated rings. The van der Waals surface area contributed by atoms with Crippen molar-refractivity contribution in [2.24, 2.45) is 0 Å². The summed E-state index contributed by atoms with van der Waals surface area (Å²) in [5.74, 6) is -0.281. The Hall–Kier alpha value is -1.62. The van der Waals surface area contributed by atoms with Gasteiger partial charge in [0, 0.05) is 18.3 Å². The van der Waals surface area contributed by atoms with Gasteiger partial charge in [0.15, 0.2) is 0 Å². The fourth-order valence-corrected chi connectivity index (χ4v) is 2.17. The highest BCUT2D eigenvalue weighted by molar-refractivity contribution is 5.83. The average Bonchev–Trinajstić information content (AvgIpc) is 2.36. The lowest BCUT2D eigenvalue weighted by atomic mass is 10.1. The van der Waals surface area contributed by atoms with Gasteiger partial charge in [-0.15, -0.1) is 0 Å². The second-order valence-corrected chi connectivity index (χ2v) is 4.52. The molecule has 2 rings (SSSR count). The summed E-state index contributed by atoms with van der Waals surface area (Å²) in [4.78, 5) is 13.6. The number of carbonyl (C=O) groups is 1. The molecule has 18 heavy (non-hydrogen) atoms. The molecule has 1 saturated heterocycles. The van der Waals surface area contributed by atoms with Gasteiger partial charge < -0.3 is 15.5 Å². The normalized spacial score (nSPS) is 19.8. The molecule has 0 aliphatic carbocycles. The molecule has 2 N–H and O–H groups in total. The van der Waals surface area contributed by atoms with Crippen LogP contribution in [0.4, 0.5) is 10.1 Å². The molecule has 1 aliphatic heterocycles. The molecule has 1 aliphatic rings. The van der Waals surface area contributed by atoms with E-state index in [0.717, 1.165) is 25.2 Å². The Morgan fingerprint density at radius 2 is 2.39 bits per heavy atom. The predicted molar refractivity (Wildman–Crippen MR) is 69.1 cm³/mol. The second-order valence-electron chi connectivity index (χ2n) is 4.52. The molecule has 0 spiro atoms. The standard InChI is InChI=1S/C13H18FN3O/c1-15-6-5-11-8-17(9-13(18)16-11)12-4-2-3-10(14)7-12/h2-4,7,11,15H,5-6,8-9H2,1H3,(H,16,18). The van der Waals surface area contributed by atoms with E-state index in [4.69, 9.17) is 0 Å². The lowest BCUT2D eigenvalue weighted by Gasteiger charge is -2.34. The van der Waals surface area contributed by atoms with Crippen LogP contribution in [0.2, 0.25) is 0 Å². The molecule has 0 saturated carbocycles. The maximum atomic E-state index is 13.2. The van der Waals surface area contributed by atoms with Gasteiger partial charge in [-0.2, -0.15) is 0 Å². The van der Waals surface area contributed by atoms with Crippen molar-refractivity contribution in [3.63, 3.8) is 0 Å². The minimum Gasteiger partial charge on any atom is -0.360 e. The molecule has 98 valence electrons. The first-order valence-electron chi connectivity index (χ1n) is 6.13. The number of benzene rings is 1. The molecule has 1 amide bonds. The molecule has 1 aromatic rings. The van der Waals surface area contributed by atoms with E-state index in [1.54, 1.807) is 6.07 Å². The zero-order valence-corrected chi connectivity index (χ0v) is 10.4. The number of halogens is 1. The van der Waals surface area contributed by atoms with Crippen molar-refractivity contribution in [3.8, 4) is 0 Å². The number of carbonyl (C=O) groups excluding carboxylic acids is 1. The minimum absolute atomic E-state index is 0.00776. The van der Waals surface area contributed by atoms with Gasteiger partial charge >= 0.3 is 0 Å². The van der Waals surface area contributed by atoms with Crippen LogP contribution in [0.25, 0.3) is 0 Å². The van der Waals surface area contributed by atoms with Gasteiger partial charge in [0.1, 0.15) is 5.82 Å². The number of hydrogen-bond donors (Lipinski definition) is 2. The van der Waals surface area contributed by atoms with Gasteiger partial charge in [-0.3, -0.25) is 4.79 Å². The molecular formula is C13H18FN3O. The van der Waals surface area contributed by atoms with Gasteiger partial charge in [0.25, 0.3) is 0 Å². The quantitative estimate of drug-likeness (QED) is 0.829. The zero-order chi connectivity index (χ0) is 13.0. The van der Waals surface area contributed by atoms with E-state index in [1.807, 2.05) is 18.0 Å². The van der Waals surface area contributed by atoms with E-state index in [1.165, 1.54) is 12.1 Å². The Bertz CT molecular complexity index is 424. The largest absolute Gasteiger partial charge is 0.360 e. The summed E-state index contributed by atoms with van der Waals surface area (Å²) < 4.78 is 13.2. The lowest BCUT2D eigenvalue weighted by molar-refractivity contribution is -0.121. The Balaban J connectivity index is 2.06. The summed E-state index contributed by atoms with van der Waals surface area (Å²) in [7, 11) is 1.88. The van der Waals surface area contributed by atoms with E-state index >= 15 is 0 Å². The topological polar surface area (TPSA) is 44.4 Å². The van der Waals surface area contributed by atoms with Crippen molar-refractivity contribution in [2.75, 3.05) is 31.6 Å². The second kappa shape index (κ2) is 5.82. The fraction of sp³-hybridized carbons (Fsp3) is 0.462. The van der Waals surface area contributed by atoms with Crippen LogP contribution in [-0.2, 0) is 4.79 Å². The third-order valence-corrected chi connectivity index (χ3v) is 3.06. The number of anilines is 1. The molecule has 0 bridgehead atoms. The summed E-state index contributed by atoms with van der Waals surface area (Å²) >= 11 is 0. The van der Waals surface area contributed by atoms with E-state index in [9.17, 15) is 9.18 Å². The van der Waals surface area contributed by atoms with E-state index < -0.39 is 0 Å². The smallest absolute Gasteiger partial charge is 0.239 e. The van der Waals surface area contributed by atoms with Crippen LogP contribution in [0.15, 0.2) is 24.3 Å². The van der Waals surface area contributed by atoms with Crippen LogP contribution in [0.1, 0.15) is 6.42 Å². The fourth-order valence-electron chi connectivity index (χ4n) is 2.17. The summed E-state index contributed by atoms with van der Waals surface area (Å²) in [6.07, 6.45) is 0.869. The van der Waals surface area contributed by atoms with Crippen molar-refractivity contribution in [1.82, 2.24) is 10.6 Å². The molecule has 5 heteroatoms. The van der Waals surface area contributed by atoms with Crippen molar-refractivity contribution < 1.29 is 9.18 Å². The molecule has 1 unspecified atom stereocenters. The number of nitrogens with one attached hydrogen (secondary N) is 2. The van der Waals surface area contributed by atoms with E-state index in [-0.39, 0.29) is 17.8 Å². The summed E-state index contributed by atoms with van der Waals surface area (Å²) in [5, 5.41) is 6.01. The number of rotatable bonds is 4. The molecule has 0 aromatic heterocycles. The van der Waals surface area contributed by atoms with Crippen molar-refractivity contribution in [3.05, 3.63) is 30.1 Å². The Morgan fingerprint density at radius 3 is 3.11 bits per heavy atom. The first-order valence-corrected chi connectivity index (χ1v) is 6.13. The number of amides is 1. The van der Waals surface area contributed by atoms with Gasteiger partial charge in [-0.25, -0.2) is 4.39 Å². The van der Waals surface area contributed by atoms with E-state index in [0.29, 0.717) is 6.54 Å². The highest BCUT2D eigenvalue weighted by atomic mass is 19.1. The highest BCUT2D eigenvalue weighted by Crippen LogP contribution is 2.18. The van der Waals surface area contributed by atoms with Crippen LogP contribution in [-0.4, -0.2) is 38.6 Å². The number of piperazine rings is 1. The van der Waals surface area contributed by atoms with E-state index in [2.05, 4.69) is 10.6 Å². The lowest BCUT2D eigenvalue weighted by Crippen LogP contribution is -2.54. The monoisotopic (exact) mass is 251 g/mol. The third-order valence-electron chi connectivity index (χ3n) is 3.06. The summed E-state index contributed by atoms with van der Waals surface area (Å²) in [6.45, 7) is 1.86. The molecule has 1 atom stereocenters. The maximum Gasteiger partial charge on any atom is 0.239 e.